The van der Waals surface area contributed by atoms with Crippen LogP contribution in [-0.4, -0.2) is 6.79 Å². The van der Waals surface area contributed by atoms with E-state index in [1.165, 1.54) is 38.2 Å². The Hall–Kier alpha value is -3.98. The Morgan fingerprint density at radius 2 is 1.23 bits per heavy atom. The van der Waals surface area contributed by atoms with Crippen molar-refractivity contribution in [1.82, 2.24) is 0 Å². The first-order valence-electron chi connectivity index (χ1n) is 10.6. The van der Waals surface area contributed by atoms with Crippen LogP contribution in [0, 0.1) is 0 Å². The van der Waals surface area contributed by atoms with Crippen LogP contribution >= 0.6 is 0 Å². The quantitative estimate of drug-likeness (QED) is 0.323. The van der Waals surface area contributed by atoms with Crippen LogP contribution in [-0.2, 0) is 0 Å². The highest BCUT2D eigenvalue weighted by molar-refractivity contribution is 6.00. The highest BCUT2D eigenvalue weighted by Crippen LogP contribution is 2.51. The maximum absolute atomic E-state index is 5.74. The number of anilines is 2. The van der Waals surface area contributed by atoms with Crippen LogP contribution in [0.3, 0.4) is 0 Å². The van der Waals surface area contributed by atoms with Gasteiger partial charge in [-0.15, -0.1) is 0 Å². The van der Waals surface area contributed by atoms with E-state index in [-0.39, 0.29) is 12.7 Å². The van der Waals surface area contributed by atoms with Crippen molar-refractivity contribution in [2.45, 2.75) is 5.92 Å². The molecule has 0 unspecified atom stereocenters. The van der Waals surface area contributed by atoms with Gasteiger partial charge in [-0.3, -0.25) is 0 Å². The second kappa shape index (κ2) is 6.26. The molecule has 5 aromatic rings. The van der Waals surface area contributed by atoms with Gasteiger partial charge in [-0.25, -0.2) is 0 Å². The molecule has 0 saturated carbocycles. The largest absolute Gasteiger partial charge is 0.454 e. The minimum Gasteiger partial charge on any atom is -0.454 e. The van der Waals surface area contributed by atoms with Crippen molar-refractivity contribution >= 4 is 32.9 Å². The average Bonchev–Trinajstić information content (AvgIpc) is 3.30. The maximum atomic E-state index is 5.74. The van der Waals surface area contributed by atoms with Gasteiger partial charge < -0.3 is 14.8 Å². The molecular weight excluding hydrogens is 382 g/mol. The van der Waals surface area contributed by atoms with Gasteiger partial charge in [-0.2, -0.15) is 0 Å². The summed E-state index contributed by atoms with van der Waals surface area (Å²) in [6.45, 7) is 0.282. The van der Waals surface area contributed by atoms with Crippen LogP contribution in [0.2, 0.25) is 0 Å². The normalized spacial score (nSPS) is 14.3. The van der Waals surface area contributed by atoms with Crippen LogP contribution in [0.1, 0.15) is 22.6 Å². The summed E-state index contributed by atoms with van der Waals surface area (Å²) in [5.41, 5.74) is 6.14. The number of nitrogens with one attached hydrogen (secondary N) is 1. The molecule has 0 radical (unpaired) electrons. The molecule has 0 amide bonds. The van der Waals surface area contributed by atoms with Crippen molar-refractivity contribution in [2.24, 2.45) is 0 Å². The molecule has 31 heavy (non-hydrogen) atoms. The highest BCUT2D eigenvalue weighted by atomic mass is 16.7. The van der Waals surface area contributed by atoms with Crippen LogP contribution in [0.25, 0.3) is 21.5 Å². The number of hydrogen-bond acceptors (Lipinski definition) is 3. The standard InChI is InChI=1S/C28H19NO2/c1-3-7-20-17(5-1)9-12-22-27(20)26(19-11-14-24-25(15-19)31-16-30-24)28-21-8-4-2-6-18(21)10-13-23(28)29-22/h1-15,26,29H,16H2. The summed E-state index contributed by atoms with van der Waals surface area (Å²) in [4.78, 5) is 0. The fraction of sp³-hybridized carbons (Fsp3) is 0.0714. The molecule has 5 aromatic carbocycles. The Labute approximate surface area is 179 Å². The SMILES string of the molecule is c1ccc2c3c(ccc2c1)Nc1ccc2ccccc2c1C3c1ccc2c(c1)OCO2. The van der Waals surface area contributed by atoms with Crippen molar-refractivity contribution in [3.8, 4) is 11.5 Å². The van der Waals surface area contributed by atoms with Crippen molar-refractivity contribution in [2.75, 3.05) is 12.1 Å². The Bertz CT molecular complexity index is 1420. The van der Waals surface area contributed by atoms with E-state index in [0.717, 1.165) is 22.9 Å². The van der Waals surface area contributed by atoms with E-state index in [4.69, 9.17) is 9.47 Å². The van der Waals surface area contributed by atoms with E-state index in [1.807, 2.05) is 6.07 Å². The smallest absolute Gasteiger partial charge is 0.231 e. The summed E-state index contributed by atoms with van der Waals surface area (Å²) in [6.07, 6.45) is 0. The van der Waals surface area contributed by atoms with Gasteiger partial charge in [0.2, 0.25) is 6.79 Å². The second-order valence-corrected chi connectivity index (χ2v) is 8.17. The molecule has 0 saturated heterocycles. The molecule has 0 bridgehead atoms. The first-order valence-corrected chi connectivity index (χ1v) is 10.6. The van der Waals surface area contributed by atoms with Gasteiger partial charge in [0.05, 0.1) is 0 Å². The van der Waals surface area contributed by atoms with Crippen molar-refractivity contribution < 1.29 is 9.47 Å². The van der Waals surface area contributed by atoms with E-state index < -0.39 is 0 Å². The van der Waals surface area contributed by atoms with Gasteiger partial charge in [-0.05, 0) is 62.5 Å². The molecular formula is C28H19NO2. The van der Waals surface area contributed by atoms with Gasteiger partial charge in [0.25, 0.3) is 0 Å². The Balaban J connectivity index is 1.60. The fourth-order valence-electron chi connectivity index (χ4n) is 5.15. The number of fused-ring (bicyclic) bond motifs is 7. The molecule has 3 heteroatoms. The lowest BCUT2D eigenvalue weighted by Crippen LogP contribution is -2.15. The van der Waals surface area contributed by atoms with E-state index >= 15 is 0 Å². The third-order valence-corrected chi connectivity index (χ3v) is 6.52. The van der Waals surface area contributed by atoms with Gasteiger partial charge in [-0.1, -0.05) is 66.7 Å². The highest BCUT2D eigenvalue weighted by Gasteiger charge is 2.31. The molecule has 1 N–H and O–H groups in total. The van der Waals surface area contributed by atoms with E-state index in [9.17, 15) is 0 Å². The van der Waals surface area contributed by atoms with Gasteiger partial charge >= 0.3 is 0 Å². The monoisotopic (exact) mass is 401 g/mol. The predicted octanol–water partition coefficient (Wildman–Crippen LogP) is 6.96. The predicted molar refractivity (Wildman–Crippen MR) is 125 cm³/mol. The lowest BCUT2D eigenvalue weighted by molar-refractivity contribution is 0.174. The van der Waals surface area contributed by atoms with Crippen LogP contribution in [0.4, 0.5) is 11.4 Å². The minimum atomic E-state index is 0.0814. The van der Waals surface area contributed by atoms with E-state index in [0.29, 0.717) is 0 Å². The third kappa shape index (κ3) is 2.40. The fourth-order valence-corrected chi connectivity index (χ4v) is 5.15. The molecule has 0 fully saturated rings. The van der Waals surface area contributed by atoms with Gasteiger partial charge in [0.15, 0.2) is 11.5 Å². The zero-order chi connectivity index (χ0) is 20.4. The van der Waals surface area contributed by atoms with Crippen molar-refractivity contribution in [3.63, 3.8) is 0 Å². The summed E-state index contributed by atoms with van der Waals surface area (Å²) in [5, 5.41) is 8.76. The van der Waals surface area contributed by atoms with Crippen molar-refractivity contribution in [3.05, 3.63) is 108 Å². The molecule has 2 heterocycles. The number of ether oxygens (including phenoxy) is 2. The molecule has 0 aliphatic carbocycles. The molecule has 0 spiro atoms. The Morgan fingerprint density at radius 3 is 1.90 bits per heavy atom. The molecule has 3 nitrogen and oxygen atoms in total. The maximum Gasteiger partial charge on any atom is 0.231 e. The van der Waals surface area contributed by atoms with Crippen LogP contribution in [0.15, 0.2) is 91.0 Å². The second-order valence-electron chi connectivity index (χ2n) is 8.17. The summed E-state index contributed by atoms with van der Waals surface area (Å²) >= 11 is 0. The van der Waals surface area contributed by atoms with Crippen LogP contribution < -0.4 is 14.8 Å². The summed E-state index contributed by atoms with van der Waals surface area (Å²) in [6, 6.07) is 32.4. The first kappa shape index (κ1) is 16.8. The number of benzene rings is 5. The zero-order valence-corrected chi connectivity index (χ0v) is 16.8. The molecule has 0 atom stereocenters. The molecule has 2 aliphatic heterocycles. The van der Waals surface area contributed by atoms with Gasteiger partial charge in [0, 0.05) is 17.3 Å². The zero-order valence-electron chi connectivity index (χ0n) is 16.8. The summed E-state index contributed by atoms with van der Waals surface area (Å²) in [5.74, 6) is 1.71. The number of rotatable bonds is 1. The summed E-state index contributed by atoms with van der Waals surface area (Å²) < 4.78 is 11.3. The first-order chi connectivity index (χ1) is 15.4. The minimum absolute atomic E-state index is 0.0814. The third-order valence-electron chi connectivity index (χ3n) is 6.52. The average molecular weight is 401 g/mol. The molecule has 7 rings (SSSR count). The molecule has 0 aromatic heterocycles. The lowest BCUT2D eigenvalue weighted by Gasteiger charge is -2.32. The van der Waals surface area contributed by atoms with Gasteiger partial charge in [0.1, 0.15) is 0 Å². The molecule has 148 valence electrons. The van der Waals surface area contributed by atoms with E-state index in [2.05, 4.69) is 90.2 Å². The summed E-state index contributed by atoms with van der Waals surface area (Å²) in [7, 11) is 0. The molecule has 2 aliphatic rings. The van der Waals surface area contributed by atoms with E-state index in [1.54, 1.807) is 0 Å². The number of hydrogen-bond donors (Lipinski definition) is 1. The Morgan fingerprint density at radius 1 is 0.613 bits per heavy atom. The Kier molecular flexibility index (Phi) is 3.39. The topological polar surface area (TPSA) is 30.5 Å². The van der Waals surface area contributed by atoms with Crippen LogP contribution in [0.5, 0.6) is 11.5 Å². The lowest BCUT2D eigenvalue weighted by atomic mass is 9.77. The van der Waals surface area contributed by atoms with Crippen molar-refractivity contribution in [1.29, 1.82) is 0 Å².